The normalized spacial score (nSPS) is 11.6. The number of rotatable bonds is 5. The molecule has 0 atom stereocenters. The Morgan fingerprint density at radius 3 is 2.86 bits per heavy atom. The van der Waals surface area contributed by atoms with Gasteiger partial charge in [0.25, 0.3) is 10.0 Å². The molecule has 114 valence electrons. The van der Waals surface area contributed by atoms with Gasteiger partial charge in [-0.2, -0.15) is 5.10 Å². The molecule has 3 N–H and O–H groups in total. The van der Waals surface area contributed by atoms with Crippen LogP contribution in [-0.2, 0) is 16.6 Å². The molecule has 0 aliphatic heterocycles. The van der Waals surface area contributed by atoms with Crippen molar-refractivity contribution in [1.82, 2.24) is 9.78 Å². The molecule has 0 spiro atoms. The molecular formula is C12H14ClFN4O2S. The molecule has 0 radical (unpaired) electrons. The maximum absolute atomic E-state index is 13.6. The summed E-state index contributed by atoms with van der Waals surface area (Å²) in [5.41, 5.74) is 5.36. The van der Waals surface area contributed by atoms with E-state index in [2.05, 4.69) is 9.82 Å². The SMILES string of the molecule is CCCn1cc(S(=O)(=O)Nc2cc(Cl)ccc2F)c(N)n1. The van der Waals surface area contributed by atoms with Crippen molar-refractivity contribution in [2.75, 3.05) is 10.5 Å². The van der Waals surface area contributed by atoms with E-state index in [0.29, 0.717) is 6.54 Å². The van der Waals surface area contributed by atoms with Crippen LogP contribution in [0.25, 0.3) is 0 Å². The Balaban J connectivity index is 2.36. The molecule has 2 aromatic rings. The topological polar surface area (TPSA) is 90.0 Å². The fourth-order valence-corrected chi connectivity index (χ4v) is 3.05. The van der Waals surface area contributed by atoms with Crippen molar-refractivity contribution in [3.8, 4) is 0 Å². The first-order chi connectivity index (χ1) is 9.83. The highest BCUT2D eigenvalue weighted by molar-refractivity contribution is 7.92. The Bertz CT molecular complexity index is 761. The van der Waals surface area contributed by atoms with E-state index in [9.17, 15) is 12.8 Å². The second-order valence-corrected chi connectivity index (χ2v) is 6.46. The molecule has 2 rings (SSSR count). The molecule has 1 heterocycles. The molecule has 0 unspecified atom stereocenters. The van der Waals surface area contributed by atoms with Gasteiger partial charge < -0.3 is 5.73 Å². The van der Waals surface area contributed by atoms with Crippen LogP contribution in [0.4, 0.5) is 15.9 Å². The molecule has 0 fully saturated rings. The minimum absolute atomic E-state index is 0.140. The highest BCUT2D eigenvalue weighted by Crippen LogP contribution is 2.24. The summed E-state index contributed by atoms with van der Waals surface area (Å²) in [4.78, 5) is -0.199. The molecular weight excluding hydrogens is 319 g/mol. The molecule has 21 heavy (non-hydrogen) atoms. The highest BCUT2D eigenvalue weighted by atomic mass is 35.5. The third-order valence-corrected chi connectivity index (χ3v) is 4.29. The number of nitrogens with one attached hydrogen (secondary N) is 1. The first-order valence-corrected chi connectivity index (χ1v) is 8.00. The number of nitrogens with two attached hydrogens (primary N) is 1. The second kappa shape index (κ2) is 5.90. The van der Waals surface area contributed by atoms with Gasteiger partial charge in [0.15, 0.2) is 5.82 Å². The first-order valence-electron chi connectivity index (χ1n) is 6.14. The van der Waals surface area contributed by atoms with E-state index in [-0.39, 0.29) is 21.4 Å². The minimum Gasteiger partial charge on any atom is -0.381 e. The molecule has 1 aromatic heterocycles. The largest absolute Gasteiger partial charge is 0.381 e. The van der Waals surface area contributed by atoms with Crippen LogP contribution in [0, 0.1) is 5.82 Å². The van der Waals surface area contributed by atoms with Gasteiger partial charge in [-0.15, -0.1) is 0 Å². The van der Waals surface area contributed by atoms with Crippen LogP contribution in [0.15, 0.2) is 29.3 Å². The van der Waals surface area contributed by atoms with Crippen LogP contribution in [0.3, 0.4) is 0 Å². The number of nitrogen functional groups attached to an aromatic ring is 1. The van der Waals surface area contributed by atoms with Gasteiger partial charge in [-0.3, -0.25) is 9.40 Å². The van der Waals surface area contributed by atoms with Gasteiger partial charge >= 0.3 is 0 Å². The van der Waals surface area contributed by atoms with Gasteiger partial charge in [-0.05, 0) is 24.6 Å². The van der Waals surface area contributed by atoms with E-state index in [1.165, 1.54) is 23.0 Å². The fourth-order valence-electron chi connectivity index (χ4n) is 1.74. The maximum Gasteiger partial charge on any atom is 0.267 e. The smallest absolute Gasteiger partial charge is 0.267 e. The quantitative estimate of drug-likeness (QED) is 0.880. The predicted octanol–water partition coefficient (Wildman–Crippen LogP) is 2.47. The molecule has 6 nitrogen and oxygen atoms in total. The van der Waals surface area contributed by atoms with Gasteiger partial charge in [0, 0.05) is 17.8 Å². The van der Waals surface area contributed by atoms with Crippen molar-refractivity contribution in [1.29, 1.82) is 0 Å². The van der Waals surface area contributed by atoms with E-state index < -0.39 is 15.8 Å². The van der Waals surface area contributed by atoms with Crippen LogP contribution in [-0.4, -0.2) is 18.2 Å². The molecule has 0 saturated carbocycles. The number of sulfonamides is 1. The molecule has 0 amide bonds. The molecule has 0 aliphatic rings. The third-order valence-electron chi connectivity index (χ3n) is 2.67. The van der Waals surface area contributed by atoms with E-state index in [4.69, 9.17) is 17.3 Å². The van der Waals surface area contributed by atoms with Crippen molar-refractivity contribution < 1.29 is 12.8 Å². The Hall–Kier alpha value is -1.80. The zero-order chi connectivity index (χ0) is 15.6. The molecule has 9 heteroatoms. The summed E-state index contributed by atoms with van der Waals surface area (Å²) in [5.74, 6) is -0.874. The summed E-state index contributed by atoms with van der Waals surface area (Å²) in [7, 11) is -4.04. The van der Waals surface area contributed by atoms with Gasteiger partial charge in [0.1, 0.15) is 10.7 Å². The van der Waals surface area contributed by atoms with E-state index >= 15 is 0 Å². The number of aryl methyl sites for hydroxylation is 1. The highest BCUT2D eigenvalue weighted by Gasteiger charge is 2.22. The Kier molecular flexibility index (Phi) is 4.38. The number of aromatic nitrogens is 2. The minimum atomic E-state index is -4.04. The summed E-state index contributed by atoms with van der Waals surface area (Å²) >= 11 is 5.73. The Morgan fingerprint density at radius 2 is 2.19 bits per heavy atom. The number of benzene rings is 1. The zero-order valence-corrected chi connectivity index (χ0v) is 12.7. The summed E-state index contributed by atoms with van der Waals surface area (Å²) < 4.78 is 41.7. The number of nitrogens with zero attached hydrogens (tertiary/aromatic N) is 2. The lowest BCUT2D eigenvalue weighted by Gasteiger charge is -2.08. The maximum atomic E-state index is 13.6. The van der Waals surface area contributed by atoms with Crippen molar-refractivity contribution >= 4 is 33.1 Å². The fraction of sp³-hybridized carbons (Fsp3) is 0.250. The number of halogens is 2. The molecule has 0 bridgehead atoms. The van der Waals surface area contributed by atoms with Crippen LogP contribution in [0.1, 0.15) is 13.3 Å². The third kappa shape index (κ3) is 3.45. The monoisotopic (exact) mass is 332 g/mol. The summed E-state index contributed by atoms with van der Waals surface area (Å²) in [6.45, 7) is 2.46. The van der Waals surface area contributed by atoms with E-state index in [1.54, 1.807) is 0 Å². The number of hydrogen-bond acceptors (Lipinski definition) is 4. The Morgan fingerprint density at radius 1 is 1.48 bits per heavy atom. The van der Waals surface area contributed by atoms with Crippen molar-refractivity contribution in [3.63, 3.8) is 0 Å². The lowest BCUT2D eigenvalue weighted by molar-refractivity contribution is 0.593. The molecule has 1 aromatic carbocycles. The van der Waals surface area contributed by atoms with Crippen LogP contribution in [0.2, 0.25) is 5.02 Å². The lowest BCUT2D eigenvalue weighted by atomic mass is 10.3. The van der Waals surface area contributed by atoms with Gasteiger partial charge in [0.2, 0.25) is 0 Å². The zero-order valence-electron chi connectivity index (χ0n) is 11.2. The number of anilines is 2. The van der Waals surface area contributed by atoms with Crippen molar-refractivity contribution in [2.45, 2.75) is 24.8 Å². The first kappa shape index (κ1) is 15.6. The van der Waals surface area contributed by atoms with Crippen LogP contribution < -0.4 is 10.5 Å². The molecule has 0 aliphatic carbocycles. The summed E-state index contributed by atoms with van der Waals surface area (Å²) in [6, 6.07) is 3.58. The van der Waals surface area contributed by atoms with Gasteiger partial charge in [0.05, 0.1) is 5.69 Å². The van der Waals surface area contributed by atoms with Crippen LogP contribution in [0.5, 0.6) is 0 Å². The second-order valence-electron chi connectivity index (χ2n) is 4.37. The average Bonchev–Trinajstić information content (AvgIpc) is 2.76. The summed E-state index contributed by atoms with van der Waals surface area (Å²) in [6.07, 6.45) is 2.08. The predicted molar refractivity (Wildman–Crippen MR) is 79.1 cm³/mol. The van der Waals surface area contributed by atoms with Crippen molar-refractivity contribution in [2.24, 2.45) is 0 Å². The lowest BCUT2D eigenvalue weighted by Crippen LogP contribution is -2.14. The Labute approximate surface area is 126 Å². The van der Waals surface area contributed by atoms with E-state index in [0.717, 1.165) is 12.5 Å². The van der Waals surface area contributed by atoms with Crippen molar-refractivity contribution in [3.05, 3.63) is 35.2 Å². The average molecular weight is 333 g/mol. The van der Waals surface area contributed by atoms with Gasteiger partial charge in [-0.25, -0.2) is 12.8 Å². The van der Waals surface area contributed by atoms with Gasteiger partial charge in [-0.1, -0.05) is 18.5 Å². The molecule has 0 saturated heterocycles. The van der Waals surface area contributed by atoms with Crippen LogP contribution >= 0.6 is 11.6 Å². The standard InChI is InChI=1S/C12H14ClFN4O2S/c1-2-5-18-7-11(12(15)16-18)21(19,20)17-10-6-8(13)3-4-9(10)14/h3-4,6-7,17H,2,5H2,1H3,(H2,15,16). The summed E-state index contributed by atoms with van der Waals surface area (Å²) in [5, 5.41) is 4.12. The number of hydrogen-bond donors (Lipinski definition) is 2. The van der Waals surface area contributed by atoms with E-state index in [1.807, 2.05) is 6.92 Å².